The molecule has 1 aromatic heterocycles. The topological polar surface area (TPSA) is 17.8 Å². The number of aryl methyl sites for hydroxylation is 1. The molecule has 70 valence electrons. The first kappa shape index (κ1) is 9.85. The highest BCUT2D eigenvalue weighted by Crippen LogP contribution is 2.22. The molecule has 0 aliphatic heterocycles. The van der Waals surface area contributed by atoms with E-state index in [2.05, 4.69) is 31.7 Å². The van der Waals surface area contributed by atoms with Crippen LogP contribution in [-0.2, 0) is 7.05 Å². The molecule has 1 atom stereocenters. The minimum Gasteiger partial charge on any atom is -0.327 e. The van der Waals surface area contributed by atoms with Crippen LogP contribution in [-0.4, -0.2) is 9.55 Å². The number of aromatic nitrogens is 2. The molecule has 2 nitrogen and oxygen atoms in total. The zero-order valence-electron chi connectivity index (χ0n) is 8.70. The van der Waals surface area contributed by atoms with Gasteiger partial charge in [0.05, 0.1) is 5.69 Å². The summed E-state index contributed by atoms with van der Waals surface area (Å²) < 4.78 is 1.90. The average Bonchev–Trinajstić information content (AvgIpc) is 2.45. The molecule has 0 spiro atoms. The molecule has 0 saturated heterocycles. The average molecular weight is 176 g/mol. The van der Waals surface area contributed by atoms with Crippen LogP contribution in [0.15, 0.2) is 6.20 Å². The van der Waals surface area contributed by atoms with Gasteiger partial charge in [-0.1, -0.05) is 20.8 Å². The molecule has 1 aromatic rings. The Morgan fingerprint density at radius 1 is 1.46 bits per heavy atom. The third-order valence-corrected chi connectivity index (χ3v) is 2.49. The normalized spacial score (nSPS) is 12.9. The second-order valence-electron chi connectivity index (χ2n) is 3.78. The van der Waals surface area contributed by atoms with Crippen LogP contribution in [0.3, 0.4) is 0 Å². The largest absolute Gasteiger partial charge is 0.327 e. The molecular formula is C11H16N2. The number of imidazole rings is 1. The van der Waals surface area contributed by atoms with Gasteiger partial charge in [-0.2, -0.15) is 0 Å². The van der Waals surface area contributed by atoms with Gasteiger partial charge in [0.1, 0.15) is 0 Å². The van der Waals surface area contributed by atoms with E-state index in [0.717, 1.165) is 5.69 Å². The lowest BCUT2D eigenvalue weighted by Gasteiger charge is -2.11. The maximum Gasteiger partial charge on any atom is 0.185 e. The predicted molar refractivity (Wildman–Crippen MR) is 54.4 cm³/mol. The fourth-order valence-corrected chi connectivity index (χ4v) is 1.18. The Hall–Kier alpha value is -1.23. The lowest BCUT2D eigenvalue weighted by Crippen LogP contribution is -2.02. The number of rotatable bonds is 2. The quantitative estimate of drug-likeness (QED) is 0.631. The van der Waals surface area contributed by atoms with Crippen LogP contribution in [0, 0.1) is 18.3 Å². The zero-order valence-corrected chi connectivity index (χ0v) is 8.70. The minimum absolute atomic E-state index is 0.466. The van der Waals surface area contributed by atoms with Crippen LogP contribution in [0.2, 0.25) is 0 Å². The van der Waals surface area contributed by atoms with Gasteiger partial charge >= 0.3 is 0 Å². The fourth-order valence-electron chi connectivity index (χ4n) is 1.18. The van der Waals surface area contributed by atoms with Crippen LogP contribution in [0.25, 0.3) is 0 Å². The second-order valence-corrected chi connectivity index (χ2v) is 3.78. The first-order chi connectivity index (χ1) is 6.06. The van der Waals surface area contributed by atoms with Gasteiger partial charge in [0, 0.05) is 19.2 Å². The van der Waals surface area contributed by atoms with E-state index in [1.165, 1.54) is 0 Å². The van der Waals surface area contributed by atoms with E-state index in [9.17, 15) is 0 Å². The molecule has 0 fully saturated rings. The van der Waals surface area contributed by atoms with E-state index >= 15 is 0 Å². The predicted octanol–water partition coefficient (Wildman–Crippen LogP) is 2.16. The Labute approximate surface area is 80.0 Å². The van der Waals surface area contributed by atoms with Crippen molar-refractivity contribution in [2.24, 2.45) is 13.0 Å². The summed E-state index contributed by atoms with van der Waals surface area (Å²) in [6.07, 6.45) is 7.32. The standard InChI is InChI=1S/C11H16N2/c1-6-11-12-10(7-13(11)5)9(4)8(2)3/h1,7-9H,2-5H3. The van der Waals surface area contributed by atoms with Crippen molar-refractivity contribution in [3.63, 3.8) is 0 Å². The van der Waals surface area contributed by atoms with Gasteiger partial charge in [-0.15, -0.1) is 6.42 Å². The van der Waals surface area contributed by atoms with E-state index in [1.807, 2.05) is 17.8 Å². The maximum atomic E-state index is 5.31. The molecule has 1 rings (SSSR count). The van der Waals surface area contributed by atoms with Gasteiger partial charge in [-0.25, -0.2) is 4.98 Å². The van der Waals surface area contributed by atoms with Gasteiger partial charge in [0.2, 0.25) is 0 Å². The smallest absolute Gasteiger partial charge is 0.185 e. The van der Waals surface area contributed by atoms with Crippen molar-refractivity contribution in [3.05, 3.63) is 17.7 Å². The Morgan fingerprint density at radius 2 is 2.08 bits per heavy atom. The van der Waals surface area contributed by atoms with Crippen molar-refractivity contribution in [2.75, 3.05) is 0 Å². The Bertz CT molecular complexity index is 328. The third-order valence-electron chi connectivity index (χ3n) is 2.49. The van der Waals surface area contributed by atoms with Gasteiger partial charge in [0.15, 0.2) is 5.82 Å². The molecule has 2 heteroatoms. The van der Waals surface area contributed by atoms with E-state index in [-0.39, 0.29) is 0 Å². The molecule has 0 amide bonds. The van der Waals surface area contributed by atoms with Gasteiger partial charge in [0.25, 0.3) is 0 Å². The summed E-state index contributed by atoms with van der Waals surface area (Å²) in [5.74, 6) is 4.34. The Kier molecular flexibility index (Phi) is 2.77. The van der Waals surface area contributed by atoms with Crippen molar-refractivity contribution in [3.8, 4) is 12.3 Å². The number of hydrogen-bond acceptors (Lipinski definition) is 1. The van der Waals surface area contributed by atoms with E-state index < -0.39 is 0 Å². The lowest BCUT2D eigenvalue weighted by molar-refractivity contribution is 0.525. The second kappa shape index (κ2) is 3.66. The van der Waals surface area contributed by atoms with Crippen molar-refractivity contribution in [2.45, 2.75) is 26.7 Å². The summed E-state index contributed by atoms with van der Waals surface area (Å²) >= 11 is 0. The van der Waals surface area contributed by atoms with Crippen LogP contribution in [0.5, 0.6) is 0 Å². The molecule has 0 radical (unpaired) electrons. The highest BCUT2D eigenvalue weighted by atomic mass is 15.0. The molecule has 0 aliphatic carbocycles. The van der Waals surface area contributed by atoms with E-state index in [4.69, 9.17) is 6.42 Å². The molecule has 0 N–H and O–H groups in total. The van der Waals surface area contributed by atoms with Crippen LogP contribution < -0.4 is 0 Å². The van der Waals surface area contributed by atoms with Gasteiger partial charge in [-0.05, 0) is 11.8 Å². The summed E-state index contributed by atoms with van der Waals surface area (Å²) in [6, 6.07) is 0. The van der Waals surface area contributed by atoms with Crippen molar-refractivity contribution >= 4 is 0 Å². The number of terminal acetylenes is 1. The van der Waals surface area contributed by atoms with E-state index in [0.29, 0.717) is 17.7 Å². The highest BCUT2D eigenvalue weighted by molar-refractivity contribution is 5.21. The summed E-state index contributed by atoms with van der Waals surface area (Å²) in [5.41, 5.74) is 1.09. The van der Waals surface area contributed by atoms with Gasteiger partial charge in [-0.3, -0.25) is 0 Å². The van der Waals surface area contributed by atoms with Gasteiger partial charge < -0.3 is 4.57 Å². The summed E-state index contributed by atoms with van der Waals surface area (Å²) in [7, 11) is 1.93. The van der Waals surface area contributed by atoms with Crippen molar-refractivity contribution in [1.29, 1.82) is 0 Å². The maximum absolute atomic E-state index is 5.31. The Morgan fingerprint density at radius 3 is 2.46 bits per heavy atom. The number of nitrogens with zero attached hydrogens (tertiary/aromatic N) is 2. The van der Waals surface area contributed by atoms with Crippen molar-refractivity contribution in [1.82, 2.24) is 9.55 Å². The van der Waals surface area contributed by atoms with Crippen LogP contribution >= 0.6 is 0 Å². The first-order valence-electron chi connectivity index (χ1n) is 4.56. The minimum atomic E-state index is 0.466. The molecule has 13 heavy (non-hydrogen) atoms. The SMILES string of the molecule is C#Cc1nc(C(C)C(C)C)cn1C. The summed E-state index contributed by atoms with van der Waals surface area (Å²) in [5, 5.41) is 0. The lowest BCUT2D eigenvalue weighted by atomic mass is 9.95. The molecule has 0 saturated carbocycles. The summed E-state index contributed by atoms with van der Waals surface area (Å²) in [4.78, 5) is 4.38. The zero-order chi connectivity index (χ0) is 10.0. The molecule has 1 unspecified atom stereocenters. The highest BCUT2D eigenvalue weighted by Gasteiger charge is 2.13. The molecule has 0 bridgehead atoms. The van der Waals surface area contributed by atoms with Crippen LogP contribution in [0.4, 0.5) is 0 Å². The van der Waals surface area contributed by atoms with E-state index in [1.54, 1.807) is 0 Å². The fraction of sp³-hybridized carbons (Fsp3) is 0.545. The molecule has 0 aromatic carbocycles. The molecule has 1 heterocycles. The molecular weight excluding hydrogens is 160 g/mol. The summed E-state index contributed by atoms with van der Waals surface area (Å²) in [6.45, 7) is 6.55. The first-order valence-corrected chi connectivity index (χ1v) is 4.56. The Balaban J connectivity index is 2.98. The molecule has 0 aliphatic rings. The number of hydrogen-bond donors (Lipinski definition) is 0. The monoisotopic (exact) mass is 176 g/mol. The third kappa shape index (κ3) is 1.92. The van der Waals surface area contributed by atoms with Crippen molar-refractivity contribution < 1.29 is 0 Å². The van der Waals surface area contributed by atoms with Crippen LogP contribution in [0.1, 0.15) is 38.2 Å².